The molecular formula is C20H21N3O2S2. The molecule has 2 amide bonds. The first-order valence-corrected chi connectivity index (χ1v) is 10.4. The Labute approximate surface area is 166 Å². The molecule has 1 aromatic carbocycles. The lowest BCUT2D eigenvalue weighted by Crippen LogP contribution is -2.31. The van der Waals surface area contributed by atoms with Gasteiger partial charge in [0.15, 0.2) is 0 Å². The second-order valence-electron chi connectivity index (χ2n) is 6.00. The van der Waals surface area contributed by atoms with Crippen LogP contribution in [0.4, 0.5) is 5.00 Å². The highest BCUT2D eigenvalue weighted by molar-refractivity contribution is 7.14. The number of carbonyl (C=O) groups is 2. The van der Waals surface area contributed by atoms with Gasteiger partial charge in [-0.15, -0.1) is 22.7 Å². The number of benzene rings is 1. The third kappa shape index (κ3) is 4.82. The minimum atomic E-state index is -0.549. The van der Waals surface area contributed by atoms with E-state index in [0.29, 0.717) is 10.6 Å². The van der Waals surface area contributed by atoms with E-state index in [-0.39, 0.29) is 18.5 Å². The number of carbonyl (C=O) groups excluding carboxylic acids is 2. The third-order valence-electron chi connectivity index (χ3n) is 4.20. The Balaban J connectivity index is 1.70. The average Bonchev–Trinajstić information content (AvgIpc) is 3.34. The first kappa shape index (κ1) is 19.3. The minimum Gasteiger partial charge on any atom is -0.366 e. The summed E-state index contributed by atoms with van der Waals surface area (Å²) in [7, 11) is 0. The van der Waals surface area contributed by atoms with Crippen molar-refractivity contribution < 1.29 is 9.59 Å². The van der Waals surface area contributed by atoms with E-state index in [0.717, 1.165) is 16.9 Å². The van der Waals surface area contributed by atoms with Crippen LogP contribution < -0.4 is 16.4 Å². The van der Waals surface area contributed by atoms with Gasteiger partial charge in [0.2, 0.25) is 5.91 Å². The van der Waals surface area contributed by atoms with Gasteiger partial charge in [0.1, 0.15) is 5.00 Å². The molecule has 0 unspecified atom stereocenters. The monoisotopic (exact) mass is 399 g/mol. The summed E-state index contributed by atoms with van der Waals surface area (Å²) < 4.78 is 0. The van der Waals surface area contributed by atoms with Crippen LogP contribution in [0, 0.1) is 0 Å². The minimum absolute atomic E-state index is 0.0689. The van der Waals surface area contributed by atoms with Gasteiger partial charge in [-0.3, -0.25) is 14.9 Å². The molecule has 0 fully saturated rings. The Hall–Kier alpha value is -2.48. The zero-order valence-electron chi connectivity index (χ0n) is 14.9. The summed E-state index contributed by atoms with van der Waals surface area (Å²) in [6, 6.07) is 14.0. The molecule has 7 heteroatoms. The van der Waals surface area contributed by atoms with Crippen molar-refractivity contribution in [1.29, 1.82) is 0 Å². The maximum atomic E-state index is 12.4. The van der Waals surface area contributed by atoms with Crippen LogP contribution in [0.25, 0.3) is 0 Å². The molecule has 0 spiro atoms. The van der Waals surface area contributed by atoms with Gasteiger partial charge in [-0.05, 0) is 40.4 Å². The Morgan fingerprint density at radius 1 is 1.07 bits per heavy atom. The highest BCUT2D eigenvalue weighted by atomic mass is 32.1. The van der Waals surface area contributed by atoms with Gasteiger partial charge in [-0.2, -0.15) is 0 Å². The van der Waals surface area contributed by atoms with E-state index < -0.39 is 5.91 Å². The van der Waals surface area contributed by atoms with Gasteiger partial charge in [0.05, 0.1) is 18.2 Å². The largest absolute Gasteiger partial charge is 0.366 e. The molecule has 3 aromatic rings. The molecule has 2 heterocycles. The summed E-state index contributed by atoms with van der Waals surface area (Å²) in [5.41, 5.74) is 8.04. The van der Waals surface area contributed by atoms with Gasteiger partial charge in [-0.1, -0.05) is 37.3 Å². The molecule has 27 heavy (non-hydrogen) atoms. The van der Waals surface area contributed by atoms with Crippen molar-refractivity contribution >= 4 is 39.5 Å². The predicted molar refractivity (Wildman–Crippen MR) is 111 cm³/mol. The molecule has 2 aromatic heterocycles. The highest BCUT2D eigenvalue weighted by Gasteiger charge is 2.17. The zero-order valence-corrected chi connectivity index (χ0v) is 16.5. The van der Waals surface area contributed by atoms with Crippen LogP contribution in [0.3, 0.4) is 0 Å². The van der Waals surface area contributed by atoms with E-state index in [1.807, 2.05) is 11.4 Å². The van der Waals surface area contributed by atoms with E-state index >= 15 is 0 Å². The van der Waals surface area contributed by atoms with E-state index in [1.165, 1.54) is 16.9 Å². The van der Waals surface area contributed by atoms with Crippen LogP contribution in [-0.2, 0) is 11.2 Å². The lowest BCUT2D eigenvalue weighted by Gasteiger charge is -2.18. The second kappa shape index (κ2) is 8.94. The summed E-state index contributed by atoms with van der Waals surface area (Å²) >= 11 is 2.93. The van der Waals surface area contributed by atoms with Gasteiger partial charge < -0.3 is 11.1 Å². The van der Waals surface area contributed by atoms with Gasteiger partial charge >= 0.3 is 0 Å². The molecule has 0 saturated heterocycles. The fraction of sp³-hybridized carbons (Fsp3) is 0.200. The Bertz CT molecular complexity index is 902. The maximum absolute atomic E-state index is 12.4. The predicted octanol–water partition coefficient (Wildman–Crippen LogP) is 3.79. The number of hydrogen-bond acceptors (Lipinski definition) is 5. The van der Waals surface area contributed by atoms with E-state index in [2.05, 4.69) is 47.9 Å². The molecule has 0 aliphatic carbocycles. The van der Waals surface area contributed by atoms with Crippen LogP contribution in [-0.4, -0.2) is 18.4 Å². The Morgan fingerprint density at radius 3 is 2.48 bits per heavy atom. The third-order valence-corrected chi connectivity index (χ3v) is 5.97. The smallest absolute Gasteiger partial charge is 0.251 e. The molecule has 5 nitrogen and oxygen atoms in total. The van der Waals surface area contributed by atoms with Crippen molar-refractivity contribution in [2.24, 2.45) is 5.73 Å². The second-order valence-corrected chi connectivity index (χ2v) is 7.90. The summed E-state index contributed by atoms with van der Waals surface area (Å²) in [4.78, 5) is 24.9. The number of anilines is 1. The number of thiophene rings is 2. The number of rotatable bonds is 8. The molecule has 1 atom stereocenters. The van der Waals surface area contributed by atoms with Gasteiger partial charge in [0, 0.05) is 4.88 Å². The van der Waals surface area contributed by atoms with E-state index in [4.69, 9.17) is 5.73 Å². The normalized spacial score (nSPS) is 11.9. The molecule has 0 radical (unpaired) electrons. The lowest BCUT2D eigenvalue weighted by molar-refractivity contribution is -0.115. The zero-order chi connectivity index (χ0) is 19.2. The molecule has 0 aliphatic rings. The van der Waals surface area contributed by atoms with Crippen molar-refractivity contribution in [1.82, 2.24) is 5.32 Å². The van der Waals surface area contributed by atoms with E-state index in [9.17, 15) is 9.59 Å². The standard InChI is InChI=1S/C20H21N3O2S2/c1-2-13-5-7-14(8-6-13)18(16-4-3-10-26-16)22-12-17(24)23-20-15(19(21)25)9-11-27-20/h3-11,18,22H,2,12H2,1H3,(H2,21,25)(H,23,24)/t18-/m0/s1. The maximum Gasteiger partial charge on any atom is 0.251 e. The fourth-order valence-corrected chi connectivity index (χ4v) is 4.39. The number of nitrogens with one attached hydrogen (secondary N) is 2. The lowest BCUT2D eigenvalue weighted by atomic mass is 10.0. The van der Waals surface area contributed by atoms with Crippen molar-refractivity contribution in [2.45, 2.75) is 19.4 Å². The average molecular weight is 400 g/mol. The SMILES string of the molecule is CCc1ccc([C@H](NCC(=O)Nc2sccc2C(N)=O)c2cccs2)cc1. The van der Waals surface area contributed by atoms with Crippen LogP contribution >= 0.6 is 22.7 Å². The first-order chi connectivity index (χ1) is 13.1. The van der Waals surface area contributed by atoms with Crippen molar-refractivity contribution in [3.8, 4) is 0 Å². The molecule has 0 aliphatic heterocycles. The summed E-state index contributed by atoms with van der Waals surface area (Å²) in [5.74, 6) is -0.765. The number of hydrogen-bond donors (Lipinski definition) is 3. The molecule has 0 saturated carbocycles. The first-order valence-electron chi connectivity index (χ1n) is 8.61. The van der Waals surface area contributed by atoms with Crippen LogP contribution in [0.5, 0.6) is 0 Å². The van der Waals surface area contributed by atoms with Crippen LogP contribution in [0.1, 0.15) is 39.3 Å². The van der Waals surface area contributed by atoms with Crippen molar-refractivity contribution in [2.75, 3.05) is 11.9 Å². The Kier molecular flexibility index (Phi) is 6.39. The number of primary amides is 1. The molecule has 0 bridgehead atoms. The van der Waals surface area contributed by atoms with Gasteiger partial charge in [0.25, 0.3) is 5.91 Å². The topological polar surface area (TPSA) is 84.2 Å². The van der Waals surface area contributed by atoms with Crippen LogP contribution in [0.15, 0.2) is 53.2 Å². The summed E-state index contributed by atoms with van der Waals surface area (Å²) in [5, 5.41) is 10.3. The number of aryl methyl sites for hydroxylation is 1. The summed E-state index contributed by atoms with van der Waals surface area (Å²) in [6.07, 6.45) is 0.989. The molecular weight excluding hydrogens is 378 g/mol. The quantitative estimate of drug-likeness (QED) is 0.539. The van der Waals surface area contributed by atoms with Crippen molar-refractivity contribution in [3.05, 3.63) is 74.8 Å². The molecule has 3 rings (SSSR count). The molecule has 140 valence electrons. The number of amides is 2. The summed E-state index contributed by atoms with van der Waals surface area (Å²) in [6.45, 7) is 2.24. The highest BCUT2D eigenvalue weighted by Crippen LogP contribution is 2.27. The van der Waals surface area contributed by atoms with Gasteiger partial charge in [-0.25, -0.2) is 0 Å². The Morgan fingerprint density at radius 2 is 1.85 bits per heavy atom. The van der Waals surface area contributed by atoms with Crippen molar-refractivity contribution in [3.63, 3.8) is 0 Å². The molecule has 4 N–H and O–H groups in total. The fourth-order valence-electron chi connectivity index (χ4n) is 2.75. The number of nitrogens with two attached hydrogens (primary N) is 1. The van der Waals surface area contributed by atoms with E-state index in [1.54, 1.807) is 22.8 Å². The van der Waals surface area contributed by atoms with Crippen LogP contribution in [0.2, 0.25) is 0 Å².